The van der Waals surface area contributed by atoms with E-state index in [4.69, 9.17) is 0 Å². The van der Waals surface area contributed by atoms with E-state index in [9.17, 15) is 9.59 Å². The van der Waals surface area contributed by atoms with Gasteiger partial charge >= 0.3 is 6.03 Å². The molecule has 1 atom stereocenters. The number of rotatable bonds is 5. The number of aromatic nitrogens is 1. The van der Waals surface area contributed by atoms with Crippen LogP contribution in [0.3, 0.4) is 0 Å². The zero-order valence-electron chi connectivity index (χ0n) is 21.6. The van der Waals surface area contributed by atoms with Crippen molar-refractivity contribution in [1.82, 2.24) is 14.8 Å². The largest absolute Gasteiger partial charge is 0.376 e. The molecule has 2 aromatic rings. The number of nitrogens with zero attached hydrogens (tertiary/aromatic N) is 4. The Morgan fingerprint density at radius 2 is 1.97 bits per heavy atom. The predicted octanol–water partition coefficient (Wildman–Crippen LogP) is 3.53. The smallest absolute Gasteiger partial charge is 0.319 e. The number of hydrogen-bond donors (Lipinski definition) is 2. The van der Waals surface area contributed by atoms with Gasteiger partial charge in [-0.2, -0.15) is 0 Å². The third-order valence-corrected chi connectivity index (χ3v) is 6.97. The van der Waals surface area contributed by atoms with Crippen molar-refractivity contribution < 1.29 is 4.79 Å². The van der Waals surface area contributed by atoms with Gasteiger partial charge in [0.1, 0.15) is 5.69 Å². The van der Waals surface area contributed by atoms with E-state index in [-0.39, 0.29) is 11.2 Å². The quantitative estimate of drug-likeness (QED) is 0.691. The van der Waals surface area contributed by atoms with Gasteiger partial charge in [-0.1, -0.05) is 18.2 Å². The summed E-state index contributed by atoms with van der Waals surface area (Å²) in [7, 11) is 9.55. The number of carbonyl (C=O) groups is 1. The number of amides is 2. The van der Waals surface area contributed by atoms with Crippen molar-refractivity contribution in [1.29, 1.82) is 0 Å². The molecule has 2 aliphatic rings. The van der Waals surface area contributed by atoms with E-state index in [1.54, 1.807) is 13.1 Å². The lowest BCUT2D eigenvalue weighted by Gasteiger charge is -2.33. The lowest BCUT2D eigenvalue weighted by atomic mass is 9.96. The van der Waals surface area contributed by atoms with Gasteiger partial charge in [0.2, 0.25) is 0 Å². The first-order valence-electron chi connectivity index (χ1n) is 12.1. The molecule has 186 valence electrons. The summed E-state index contributed by atoms with van der Waals surface area (Å²) in [4.78, 5) is 31.4. The lowest BCUT2D eigenvalue weighted by Crippen LogP contribution is -2.31. The van der Waals surface area contributed by atoms with Gasteiger partial charge in [-0.05, 0) is 62.2 Å². The van der Waals surface area contributed by atoms with Gasteiger partial charge in [-0.25, -0.2) is 4.79 Å². The van der Waals surface area contributed by atoms with E-state index < -0.39 is 6.03 Å². The van der Waals surface area contributed by atoms with Crippen LogP contribution in [0.4, 0.5) is 21.9 Å². The maximum atomic E-state index is 12.6. The minimum Gasteiger partial charge on any atom is -0.376 e. The normalized spacial score (nSPS) is 17.9. The Morgan fingerprint density at radius 1 is 1.20 bits per heavy atom. The first kappa shape index (κ1) is 24.6. The maximum Gasteiger partial charge on any atom is 0.319 e. The fourth-order valence-corrected chi connectivity index (χ4v) is 5.12. The lowest BCUT2D eigenvalue weighted by molar-refractivity contribution is 0.254. The van der Waals surface area contributed by atoms with Crippen molar-refractivity contribution in [3.63, 3.8) is 0 Å². The Hall–Kier alpha value is -3.52. The molecule has 2 amide bonds. The summed E-state index contributed by atoms with van der Waals surface area (Å²) in [5, 5.41) is 5.16. The molecule has 0 saturated carbocycles. The molecule has 35 heavy (non-hydrogen) atoms. The highest BCUT2D eigenvalue weighted by molar-refractivity contribution is 5.90. The third-order valence-electron chi connectivity index (χ3n) is 6.97. The molecule has 4 rings (SSSR count). The van der Waals surface area contributed by atoms with E-state index >= 15 is 0 Å². The van der Waals surface area contributed by atoms with Gasteiger partial charge in [0.15, 0.2) is 0 Å². The molecular formula is C27H36N6O2. The maximum absolute atomic E-state index is 12.6. The molecule has 3 heterocycles. The molecule has 8 heteroatoms. The summed E-state index contributed by atoms with van der Waals surface area (Å²) in [6, 6.07) is 6.00. The van der Waals surface area contributed by atoms with Crippen LogP contribution in [0.5, 0.6) is 0 Å². The number of likely N-dealkylation sites (N-methyl/N-ethyl adjacent to an activating group) is 1. The Balaban J connectivity index is 1.82. The summed E-state index contributed by atoms with van der Waals surface area (Å²) < 4.78 is 1.51. The fraction of sp³-hybridized carbons (Fsp3) is 0.407. The van der Waals surface area contributed by atoms with Crippen molar-refractivity contribution >= 4 is 23.1 Å². The van der Waals surface area contributed by atoms with Crippen LogP contribution in [-0.4, -0.2) is 62.8 Å². The van der Waals surface area contributed by atoms with Crippen LogP contribution < -0.4 is 26.0 Å². The van der Waals surface area contributed by atoms with E-state index in [1.165, 1.54) is 30.0 Å². The van der Waals surface area contributed by atoms with Gasteiger partial charge < -0.3 is 25.0 Å². The average Bonchev–Trinajstić information content (AvgIpc) is 3.27. The van der Waals surface area contributed by atoms with Crippen molar-refractivity contribution in [2.75, 3.05) is 56.4 Å². The summed E-state index contributed by atoms with van der Waals surface area (Å²) in [6.07, 6.45) is 11.0. The number of aryl methyl sites for hydroxylation is 1. The Labute approximate surface area is 207 Å². The fourth-order valence-electron chi connectivity index (χ4n) is 5.12. The first-order valence-corrected chi connectivity index (χ1v) is 12.1. The second kappa shape index (κ2) is 10.00. The van der Waals surface area contributed by atoms with Gasteiger partial charge in [-0.3, -0.25) is 9.69 Å². The predicted molar refractivity (Wildman–Crippen MR) is 144 cm³/mol. The van der Waals surface area contributed by atoms with Crippen LogP contribution in [0.1, 0.15) is 18.4 Å². The van der Waals surface area contributed by atoms with Crippen LogP contribution in [0.2, 0.25) is 0 Å². The summed E-state index contributed by atoms with van der Waals surface area (Å²) in [5.74, 6) is 0. The summed E-state index contributed by atoms with van der Waals surface area (Å²) >= 11 is 0. The Bertz CT molecular complexity index is 1240. The van der Waals surface area contributed by atoms with Crippen molar-refractivity contribution in [2.45, 2.75) is 25.8 Å². The number of urea groups is 1. The molecule has 0 spiro atoms. The van der Waals surface area contributed by atoms with Gasteiger partial charge in [0, 0.05) is 58.7 Å². The highest BCUT2D eigenvalue weighted by Crippen LogP contribution is 2.40. The van der Waals surface area contributed by atoms with E-state index in [0.717, 1.165) is 41.2 Å². The highest BCUT2D eigenvalue weighted by atomic mass is 16.2. The SMILES string of the molecule is CNC(=O)Nc1cc(-c2ccc(N(C)C)c(N3C=C(C4CCCN4C)C=CC3)c2C)cn(C)c1=O. The highest BCUT2D eigenvalue weighted by Gasteiger charge is 2.26. The average molecular weight is 477 g/mol. The van der Waals surface area contributed by atoms with E-state index in [2.05, 4.69) is 83.9 Å². The van der Waals surface area contributed by atoms with Crippen LogP contribution in [0.15, 0.2) is 53.1 Å². The monoisotopic (exact) mass is 476 g/mol. The van der Waals surface area contributed by atoms with E-state index in [1.807, 2.05) is 6.20 Å². The molecule has 2 aliphatic heterocycles. The number of hydrogen-bond acceptors (Lipinski definition) is 5. The van der Waals surface area contributed by atoms with Crippen molar-refractivity contribution in [2.24, 2.45) is 7.05 Å². The van der Waals surface area contributed by atoms with Gasteiger partial charge in [0.05, 0.1) is 11.4 Å². The molecule has 1 unspecified atom stereocenters. The molecular weight excluding hydrogens is 440 g/mol. The number of nitrogens with one attached hydrogen (secondary N) is 2. The first-order chi connectivity index (χ1) is 16.7. The Morgan fingerprint density at radius 3 is 2.63 bits per heavy atom. The molecule has 1 aromatic heterocycles. The second-order valence-electron chi connectivity index (χ2n) is 9.59. The van der Waals surface area contributed by atoms with Gasteiger partial charge in [-0.15, -0.1) is 0 Å². The molecule has 1 fully saturated rings. The standard InChI is InChI=1S/C27H36N6O2/c1-18-21(20-15-22(29-27(35)28-2)26(34)32(6)16-20)11-12-24(30(3)4)25(18)33-14-7-9-19(17-33)23-10-8-13-31(23)5/h7,9,11-12,15-17,23H,8,10,13-14H2,1-6H3,(H2,28,29,35). The van der Waals surface area contributed by atoms with Crippen molar-refractivity contribution in [3.8, 4) is 11.1 Å². The van der Waals surface area contributed by atoms with Gasteiger partial charge in [0.25, 0.3) is 5.56 Å². The summed E-state index contributed by atoms with van der Waals surface area (Å²) in [5.41, 5.74) is 6.61. The van der Waals surface area contributed by atoms with Crippen molar-refractivity contribution in [3.05, 3.63) is 64.2 Å². The second-order valence-corrected chi connectivity index (χ2v) is 9.59. The van der Waals surface area contributed by atoms with Crippen LogP contribution in [0, 0.1) is 6.92 Å². The minimum atomic E-state index is -0.422. The molecule has 1 saturated heterocycles. The van der Waals surface area contributed by atoms with Crippen LogP contribution in [0.25, 0.3) is 11.1 Å². The van der Waals surface area contributed by atoms with Crippen LogP contribution in [-0.2, 0) is 7.05 Å². The molecule has 2 N–H and O–H groups in total. The number of carbonyl (C=O) groups excluding carboxylic acids is 1. The third kappa shape index (κ3) is 4.84. The van der Waals surface area contributed by atoms with E-state index in [0.29, 0.717) is 6.04 Å². The molecule has 1 aromatic carbocycles. The topological polar surface area (TPSA) is 72.9 Å². The minimum absolute atomic E-state index is 0.245. The number of benzene rings is 1. The summed E-state index contributed by atoms with van der Waals surface area (Å²) in [6.45, 7) is 4.05. The zero-order valence-corrected chi connectivity index (χ0v) is 21.6. The van der Waals surface area contributed by atoms with Crippen LogP contribution >= 0.6 is 0 Å². The number of pyridine rings is 1. The number of anilines is 3. The molecule has 0 bridgehead atoms. The Kier molecular flexibility index (Phi) is 7.03. The molecule has 8 nitrogen and oxygen atoms in total. The molecule has 0 radical (unpaired) electrons. The molecule has 0 aliphatic carbocycles. The zero-order chi connectivity index (χ0) is 25.3. The number of likely N-dealkylation sites (tertiary alicyclic amines) is 1.